The molecule has 0 aliphatic carbocycles. The van der Waals surface area contributed by atoms with E-state index in [0.717, 1.165) is 11.1 Å². The van der Waals surface area contributed by atoms with Crippen LogP contribution in [0, 0.1) is 13.8 Å². The summed E-state index contributed by atoms with van der Waals surface area (Å²) in [6.07, 6.45) is 1.44. The molecule has 0 fully saturated rings. The number of rotatable bonds is 6. The Bertz CT molecular complexity index is 1090. The van der Waals surface area contributed by atoms with Gasteiger partial charge in [0.25, 0.3) is 5.56 Å². The van der Waals surface area contributed by atoms with Crippen LogP contribution in [0.3, 0.4) is 0 Å². The molecular formula is C20H21N3O3S. The molecule has 0 bridgehead atoms. The van der Waals surface area contributed by atoms with E-state index in [-0.39, 0.29) is 23.5 Å². The van der Waals surface area contributed by atoms with Crippen molar-refractivity contribution in [3.63, 3.8) is 0 Å². The summed E-state index contributed by atoms with van der Waals surface area (Å²) in [5, 5.41) is 0. The van der Waals surface area contributed by atoms with Crippen molar-refractivity contribution in [2.75, 3.05) is 6.54 Å². The van der Waals surface area contributed by atoms with E-state index >= 15 is 0 Å². The van der Waals surface area contributed by atoms with E-state index in [1.54, 1.807) is 38.1 Å². The monoisotopic (exact) mass is 383 g/mol. The molecule has 0 radical (unpaired) electrons. The molecule has 0 saturated heterocycles. The predicted octanol–water partition coefficient (Wildman–Crippen LogP) is 2.51. The van der Waals surface area contributed by atoms with Crippen molar-refractivity contribution in [1.29, 1.82) is 0 Å². The van der Waals surface area contributed by atoms with Gasteiger partial charge in [0.2, 0.25) is 10.0 Å². The molecule has 3 rings (SSSR count). The van der Waals surface area contributed by atoms with Gasteiger partial charge in [0.1, 0.15) is 0 Å². The van der Waals surface area contributed by atoms with Crippen molar-refractivity contribution in [2.24, 2.45) is 0 Å². The molecule has 0 aliphatic heterocycles. The molecule has 0 unspecified atom stereocenters. The summed E-state index contributed by atoms with van der Waals surface area (Å²) < 4.78 is 28.9. The Morgan fingerprint density at radius 3 is 2.26 bits per heavy atom. The molecule has 2 aromatic carbocycles. The van der Waals surface area contributed by atoms with Crippen LogP contribution in [0.5, 0.6) is 0 Å². The van der Waals surface area contributed by atoms with E-state index in [4.69, 9.17) is 0 Å². The van der Waals surface area contributed by atoms with Gasteiger partial charge in [-0.2, -0.15) is 0 Å². The topological polar surface area (TPSA) is 81.1 Å². The number of aromatic nitrogens is 2. The highest BCUT2D eigenvalue weighted by Gasteiger charge is 2.14. The van der Waals surface area contributed by atoms with Gasteiger partial charge in [-0.1, -0.05) is 42.5 Å². The zero-order chi connectivity index (χ0) is 19.4. The number of aryl methyl sites for hydroxylation is 1. The Morgan fingerprint density at radius 2 is 1.59 bits per heavy atom. The van der Waals surface area contributed by atoms with Crippen LogP contribution in [0.15, 0.2) is 70.6 Å². The standard InChI is InChI=1S/C20H21N3O3S/c1-15-16(2)21-14-23(20(15)24)13-12-22-27(25,26)19-10-8-18(9-11-19)17-6-4-3-5-7-17/h3-11,14,22H,12-13H2,1-2H3. The van der Waals surface area contributed by atoms with Crippen LogP contribution < -0.4 is 10.3 Å². The lowest BCUT2D eigenvalue weighted by Gasteiger charge is -2.10. The number of nitrogens with one attached hydrogen (secondary N) is 1. The van der Waals surface area contributed by atoms with Gasteiger partial charge in [-0.15, -0.1) is 0 Å². The third-order valence-electron chi connectivity index (χ3n) is 4.43. The maximum atomic E-state index is 12.5. The smallest absolute Gasteiger partial charge is 0.256 e. The third kappa shape index (κ3) is 4.32. The van der Waals surface area contributed by atoms with Crippen molar-refractivity contribution in [1.82, 2.24) is 14.3 Å². The number of hydrogen-bond donors (Lipinski definition) is 1. The van der Waals surface area contributed by atoms with E-state index in [9.17, 15) is 13.2 Å². The van der Waals surface area contributed by atoms with E-state index in [2.05, 4.69) is 9.71 Å². The number of benzene rings is 2. The molecule has 6 nitrogen and oxygen atoms in total. The van der Waals surface area contributed by atoms with E-state index in [1.165, 1.54) is 10.9 Å². The Balaban J connectivity index is 1.68. The molecule has 1 N–H and O–H groups in total. The number of sulfonamides is 1. The van der Waals surface area contributed by atoms with E-state index in [0.29, 0.717) is 11.3 Å². The minimum atomic E-state index is -3.65. The molecule has 0 aliphatic rings. The average Bonchev–Trinajstić information content (AvgIpc) is 2.69. The summed E-state index contributed by atoms with van der Waals surface area (Å²) in [5.74, 6) is 0. The second-order valence-corrected chi connectivity index (χ2v) is 8.01. The Kier molecular flexibility index (Phi) is 5.53. The molecular weight excluding hydrogens is 362 g/mol. The average molecular weight is 383 g/mol. The Morgan fingerprint density at radius 1 is 0.963 bits per heavy atom. The fourth-order valence-corrected chi connectivity index (χ4v) is 3.70. The zero-order valence-electron chi connectivity index (χ0n) is 15.2. The Labute approximate surface area is 158 Å². The van der Waals surface area contributed by atoms with Gasteiger partial charge in [-0.25, -0.2) is 18.1 Å². The summed E-state index contributed by atoms with van der Waals surface area (Å²) in [4.78, 5) is 16.5. The molecule has 1 aromatic heterocycles. The SMILES string of the molecule is Cc1ncn(CCNS(=O)(=O)c2ccc(-c3ccccc3)cc2)c(=O)c1C. The predicted molar refractivity (Wildman–Crippen MR) is 105 cm³/mol. The van der Waals surface area contributed by atoms with Crippen LogP contribution in [0.4, 0.5) is 0 Å². The van der Waals surface area contributed by atoms with Crippen LogP contribution in [0.2, 0.25) is 0 Å². The first-order valence-corrected chi connectivity index (χ1v) is 10.0. The lowest BCUT2D eigenvalue weighted by molar-refractivity contribution is 0.568. The third-order valence-corrected chi connectivity index (χ3v) is 5.91. The van der Waals surface area contributed by atoms with Gasteiger partial charge in [0, 0.05) is 24.3 Å². The summed E-state index contributed by atoms with van der Waals surface area (Å²) in [5.41, 5.74) is 3.06. The Hall–Kier alpha value is -2.77. The molecule has 27 heavy (non-hydrogen) atoms. The first-order valence-electron chi connectivity index (χ1n) is 8.56. The maximum Gasteiger partial charge on any atom is 0.256 e. The summed E-state index contributed by atoms with van der Waals surface area (Å²) in [7, 11) is -3.65. The van der Waals surface area contributed by atoms with Gasteiger partial charge in [0.05, 0.1) is 11.2 Å². The second-order valence-electron chi connectivity index (χ2n) is 6.24. The van der Waals surface area contributed by atoms with E-state index < -0.39 is 10.0 Å². The van der Waals surface area contributed by atoms with Gasteiger partial charge >= 0.3 is 0 Å². The minimum Gasteiger partial charge on any atom is -0.298 e. The highest BCUT2D eigenvalue weighted by atomic mass is 32.2. The number of hydrogen-bond acceptors (Lipinski definition) is 4. The number of nitrogens with zero attached hydrogens (tertiary/aromatic N) is 2. The first-order chi connectivity index (χ1) is 12.9. The van der Waals surface area contributed by atoms with Gasteiger partial charge in [0.15, 0.2) is 0 Å². The summed E-state index contributed by atoms with van der Waals surface area (Å²) in [6, 6.07) is 16.5. The van der Waals surface area contributed by atoms with Crippen molar-refractivity contribution >= 4 is 10.0 Å². The van der Waals surface area contributed by atoms with Gasteiger partial charge in [-0.3, -0.25) is 9.36 Å². The van der Waals surface area contributed by atoms with Crippen molar-refractivity contribution in [2.45, 2.75) is 25.3 Å². The highest BCUT2D eigenvalue weighted by molar-refractivity contribution is 7.89. The van der Waals surface area contributed by atoms with Crippen molar-refractivity contribution < 1.29 is 8.42 Å². The largest absolute Gasteiger partial charge is 0.298 e. The van der Waals surface area contributed by atoms with Gasteiger partial charge in [-0.05, 0) is 37.1 Å². The molecule has 0 atom stereocenters. The molecule has 3 aromatic rings. The molecule has 0 saturated carbocycles. The minimum absolute atomic E-state index is 0.104. The van der Waals surface area contributed by atoms with Crippen LogP contribution in [0.1, 0.15) is 11.3 Å². The zero-order valence-corrected chi connectivity index (χ0v) is 16.0. The lowest BCUT2D eigenvalue weighted by atomic mass is 10.1. The molecule has 1 heterocycles. The highest BCUT2D eigenvalue weighted by Crippen LogP contribution is 2.20. The van der Waals surface area contributed by atoms with Crippen LogP contribution in [-0.4, -0.2) is 24.5 Å². The fraction of sp³-hybridized carbons (Fsp3) is 0.200. The van der Waals surface area contributed by atoms with Crippen LogP contribution in [-0.2, 0) is 16.6 Å². The van der Waals surface area contributed by atoms with Crippen molar-refractivity contribution in [3.8, 4) is 11.1 Å². The quantitative estimate of drug-likeness (QED) is 0.709. The normalized spacial score (nSPS) is 11.5. The molecule has 0 spiro atoms. The van der Waals surface area contributed by atoms with Crippen LogP contribution in [0.25, 0.3) is 11.1 Å². The molecule has 7 heteroatoms. The second kappa shape index (κ2) is 7.85. The van der Waals surface area contributed by atoms with Crippen molar-refractivity contribution in [3.05, 3.63) is 82.5 Å². The summed E-state index contributed by atoms with van der Waals surface area (Å²) in [6.45, 7) is 3.80. The lowest BCUT2D eigenvalue weighted by Crippen LogP contribution is -2.32. The maximum absolute atomic E-state index is 12.5. The van der Waals surface area contributed by atoms with Gasteiger partial charge < -0.3 is 0 Å². The molecule has 0 amide bonds. The van der Waals surface area contributed by atoms with Crippen LogP contribution >= 0.6 is 0 Å². The summed E-state index contributed by atoms with van der Waals surface area (Å²) >= 11 is 0. The van der Waals surface area contributed by atoms with E-state index in [1.807, 2.05) is 30.3 Å². The first kappa shape index (κ1) is 19.0. The molecule has 140 valence electrons. The fourth-order valence-electron chi connectivity index (χ4n) is 2.68.